The number of carbonyl (C=O) groups is 1. The maximum absolute atomic E-state index is 12.9. The minimum Gasteiger partial charge on any atom is -0.478 e. The van der Waals surface area contributed by atoms with Gasteiger partial charge in [-0.15, -0.1) is 0 Å². The van der Waals surface area contributed by atoms with Gasteiger partial charge >= 0.3 is 5.97 Å². The van der Waals surface area contributed by atoms with Gasteiger partial charge in [-0.2, -0.15) is 0 Å². The van der Waals surface area contributed by atoms with Gasteiger partial charge in [-0.05, 0) is 34.7 Å². The third-order valence-electron chi connectivity index (χ3n) is 1.26. The third-order valence-corrected chi connectivity index (χ3v) is 1.85. The second-order valence-corrected chi connectivity index (χ2v) is 3.31. The largest absolute Gasteiger partial charge is 0.478 e. The van der Waals surface area contributed by atoms with E-state index < -0.39 is 11.8 Å². The summed E-state index contributed by atoms with van der Waals surface area (Å²) >= 11 is 1.92. The van der Waals surface area contributed by atoms with E-state index >= 15 is 0 Å². The van der Waals surface area contributed by atoms with E-state index in [9.17, 15) is 9.18 Å². The Labute approximate surface area is 87.4 Å². The highest BCUT2D eigenvalue weighted by atomic mass is 127. The zero-order chi connectivity index (χ0) is 9.84. The molecule has 1 aromatic heterocycles. The van der Waals surface area contributed by atoms with Crippen molar-refractivity contribution in [1.29, 1.82) is 0 Å². The van der Waals surface area contributed by atoms with E-state index in [1.807, 2.05) is 22.6 Å². The quantitative estimate of drug-likeness (QED) is 0.515. The van der Waals surface area contributed by atoms with Crippen molar-refractivity contribution in [3.8, 4) is 0 Å². The van der Waals surface area contributed by atoms with Crippen molar-refractivity contribution in [2.45, 2.75) is 0 Å². The lowest BCUT2D eigenvalue weighted by Crippen LogP contribution is -1.90. The minimum atomic E-state index is -1.11. The van der Waals surface area contributed by atoms with Crippen LogP contribution in [0.25, 0.3) is 6.08 Å². The molecule has 3 nitrogen and oxygen atoms in total. The average molecular weight is 293 g/mol. The molecule has 0 aliphatic rings. The molecule has 1 rings (SSSR count). The summed E-state index contributed by atoms with van der Waals surface area (Å²) in [5, 5.41) is 8.31. The van der Waals surface area contributed by atoms with Crippen molar-refractivity contribution in [1.82, 2.24) is 4.98 Å². The lowest BCUT2D eigenvalue weighted by Gasteiger charge is -1.95. The van der Waals surface area contributed by atoms with Crippen LogP contribution in [0.1, 0.15) is 5.56 Å². The fraction of sp³-hybridized carbons (Fsp3) is 0. The zero-order valence-electron chi connectivity index (χ0n) is 6.37. The maximum Gasteiger partial charge on any atom is 0.328 e. The number of halogens is 2. The normalized spacial score (nSPS) is 10.6. The van der Waals surface area contributed by atoms with Gasteiger partial charge < -0.3 is 5.11 Å². The lowest BCUT2D eigenvalue weighted by atomic mass is 10.2. The van der Waals surface area contributed by atoms with Gasteiger partial charge in [0.25, 0.3) is 0 Å². The average Bonchev–Trinajstić information content (AvgIpc) is 2.06. The smallest absolute Gasteiger partial charge is 0.328 e. The number of aromatic nitrogens is 1. The number of hydrogen-bond donors (Lipinski definition) is 1. The topological polar surface area (TPSA) is 50.2 Å². The fourth-order valence-electron chi connectivity index (χ4n) is 0.716. The number of carboxylic acids is 1. The molecule has 0 spiro atoms. The van der Waals surface area contributed by atoms with Gasteiger partial charge in [-0.3, -0.25) is 0 Å². The molecular formula is C8H5FINO2. The first-order valence-electron chi connectivity index (χ1n) is 3.31. The van der Waals surface area contributed by atoms with Crippen molar-refractivity contribution in [2.75, 3.05) is 0 Å². The van der Waals surface area contributed by atoms with Crippen molar-refractivity contribution < 1.29 is 14.3 Å². The van der Waals surface area contributed by atoms with E-state index in [-0.39, 0.29) is 5.56 Å². The van der Waals surface area contributed by atoms with Crippen LogP contribution in [0.3, 0.4) is 0 Å². The summed E-state index contributed by atoms with van der Waals surface area (Å²) in [6.45, 7) is 0. The van der Waals surface area contributed by atoms with Gasteiger partial charge in [0.1, 0.15) is 9.52 Å². The number of pyridine rings is 1. The summed E-state index contributed by atoms with van der Waals surface area (Å²) in [5.41, 5.74) is 0.224. The van der Waals surface area contributed by atoms with Crippen LogP contribution in [-0.2, 0) is 4.79 Å². The molecule has 1 heterocycles. The first-order chi connectivity index (χ1) is 6.09. The van der Waals surface area contributed by atoms with Crippen LogP contribution in [0, 0.1) is 9.52 Å². The molecule has 0 aliphatic heterocycles. The molecule has 0 amide bonds. The molecule has 0 bridgehead atoms. The third kappa shape index (κ3) is 3.10. The molecule has 1 N–H and O–H groups in total. The Hall–Kier alpha value is -0.980. The van der Waals surface area contributed by atoms with Gasteiger partial charge in [-0.25, -0.2) is 14.2 Å². The Morgan fingerprint density at radius 2 is 2.38 bits per heavy atom. The van der Waals surface area contributed by atoms with E-state index in [1.165, 1.54) is 12.1 Å². The molecule has 0 fully saturated rings. The Morgan fingerprint density at radius 3 is 3.00 bits per heavy atom. The van der Waals surface area contributed by atoms with Gasteiger partial charge in [-0.1, -0.05) is 0 Å². The van der Waals surface area contributed by atoms with Crippen LogP contribution < -0.4 is 0 Å². The molecule has 0 saturated heterocycles. The Balaban J connectivity index is 3.00. The standard InChI is InChI=1S/C8H5FINO2/c9-6-4-11-7(10)3-5(6)1-2-8(12)13/h1-4H,(H,12,13)/b2-1+. The summed E-state index contributed by atoms with van der Waals surface area (Å²) in [6, 6.07) is 1.47. The van der Waals surface area contributed by atoms with Crippen LogP contribution in [-0.4, -0.2) is 16.1 Å². The molecule has 0 unspecified atom stereocenters. The van der Waals surface area contributed by atoms with Gasteiger partial charge in [0.15, 0.2) is 0 Å². The SMILES string of the molecule is O=C(O)/C=C/c1cc(I)ncc1F. The molecule has 0 atom stereocenters. The molecule has 0 radical (unpaired) electrons. The van der Waals surface area contributed by atoms with Gasteiger partial charge in [0, 0.05) is 11.6 Å². The number of nitrogens with zero attached hydrogens (tertiary/aromatic N) is 1. The monoisotopic (exact) mass is 293 g/mol. The number of rotatable bonds is 2. The van der Waals surface area contributed by atoms with Crippen molar-refractivity contribution >= 4 is 34.6 Å². The molecule has 5 heteroatoms. The van der Waals surface area contributed by atoms with E-state index in [1.54, 1.807) is 0 Å². The number of hydrogen-bond acceptors (Lipinski definition) is 2. The van der Waals surface area contributed by atoms with Gasteiger partial charge in [0.2, 0.25) is 0 Å². The number of carboxylic acid groups (broad SMARTS) is 1. The Bertz CT molecular complexity index is 365. The molecular weight excluding hydrogens is 288 g/mol. The summed E-state index contributed by atoms with van der Waals surface area (Å²) < 4.78 is 13.5. The summed E-state index contributed by atoms with van der Waals surface area (Å²) in [4.78, 5) is 13.8. The summed E-state index contributed by atoms with van der Waals surface area (Å²) in [7, 11) is 0. The summed E-state index contributed by atoms with van der Waals surface area (Å²) in [6.07, 6.45) is 3.14. The highest BCUT2D eigenvalue weighted by Crippen LogP contribution is 2.11. The number of aliphatic carboxylic acids is 1. The highest BCUT2D eigenvalue weighted by Gasteiger charge is 2.00. The van der Waals surface area contributed by atoms with Crippen LogP contribution in [0.15, 0.2) is 18.3 Å². The van der Waals surface area contributed by atoms with Crippen LogP contribution in [0.5, 0.6) is 0 Å². The van der Waals surface area contributed by atoms with Gasteiger partial charge in [0.05, 0.1) is 6.20 Å². The molecule has 1 aromatic rings. The zero-order valence-corrected chi connectivity index (χ0v) is 8.53. The van der Waals surface area contributed by atoms with E-state index in [0.29, 0.717) is 3.70 Å². The first kappa shape index (κ1) is 10.1. The van der Waals surface area contributed by atoms with E-state index in [0.717, 1.165) is 12.3 Å². The molecule has 0 aromatic carbocycles. The Morgan fingerprint density at radius 1 is 1.69 bits per heavy atom. The maximum atomic E-state index is 12.9. The highest BCUT2D eigenvalue weighted by molar-refractivity contribution is 14.1. The fourth-order valence-corrected chi connectivity index (χ4v) is 1.19. The van der Waals surface area contributed by atoms with Crippen molar-refractivity contribution in [3.05, 3.63) is 33.4 Å². The second kappa shape index (κ2) is 4.31. The molecule has 68 valence electrons. The molecule has 13 heavy (non-hydrogen) atoms. The molecule has 0 saturated carbocycles. The first-order valence-corrected chi connectivity index (χ1v) is 4.39. The van der Waals surface area contributed by atoms with Crippen LogP contribution in [0.4, 0.5) is 4.39 Å². The van der Waals surface area contributed by atoms with E-state index in [2.05, 4.69) is 4.98 Å². The predicted molar refractivity (Wildman–Crippen MR) is 53.6 cm³/mol. The lowest BCUT2D eigenvalue weighted by molar-refractivity contribution is -0.131. The van der Waals surface area contributed by atoms with Crippen LogP contribution in [0.2, 0.25) is 0 Å². The van der Waals surface area contributed by atoms with E-state index in [4.69, 9.17) is 5.11 Å². The predicted octanol–water partition coefficient (Wildman–Crippen LogP) is 1.92. The summed E-state index contributed by atoms with van der Waals surface area (Å²) in [5.74, 6) is -1.64. The van der Waals surface area contributed by atoms with Crippen LogP contribution >= 0.6 is 22.6 Å². The van der Waals surface area contributed by atoms with Crippen molar-refractivity contribution in [2.24, 2.45) is 0 Å². The minimum absolute atomic E-state index is 0.224. The Kier molecular flexibility index (Phi) is 3.35. The molecule has 0 aliphatic carbocycles. The second-order valence-electron chi connectivity index (χ2n) is 2.20. The van der Waals surface area contributed by atoms with Crippen molar-refractivity contribution in [3.63, 3.8) is 0 Å².